The Hall–Kier alpha value is -1.45. The molecule has 0 aromatic heterocycles. The van der Waals surface area contributed by atoms with Gasteiger partial charge in [0, 0.05) is 29.2 Å². The first-order chi connectivity index (χ1) is 10.1. The van der Waals surface area contributed by atoms with E-state index in [0.29, 0.717) is 17.1 Å². The third kappa shape index (κ3) is 4.51. The van der Waals surface area contributed by atoms with Gasteiger partial charge in [0.2, 0.25) is 0 Å². The third-order valence-corrected chi connectivity index (χ3v) is 3.66. The van der Waals surface area contributed by atoms with Crippen LogP contribution in [0.15, 0.2) is 42.5 Å². The molecule has 0 aliphatic rings. The lowest BCUT2D eigenvalue weighted by Crippen LogP contribution is -2.21. The zero-order valence-electron chi connectivity index (χ0n) is 11.9. The molecule has 1 atom stereocenters. The quantitative estimate of drug-likeness (QED) is 0.768. The average molecular weight is 310 g/mol. The van der Waals surface area contributed by atoms with Crippen molar-refractivity contribution in [3.8, 4) is 0 Å². The van der Waals surface area contributed by atoms with Crippen LogP contribution in [-0.4, -0.2) is 0 Å². The van der Waals surface area contributed by atoms with Crippen molar-refractivity contribution in [1.82, 2.24) is 5.32 Å². The highest BCUT2D eigenvalue weighted by molar-refractivity contribution is 6.30. The molecule has 1 N–H and O–H groups in total. The highest BCUT2D eigenvalue weighted by atomic mass is 35.5. The summed E-state index contributed by atoms with van der Waals surface area (Å²) in [4.78, 5) is 0. The fraction of sp³-hybridized carbons (Fsp3) is 0.294. The molecule has 0 heterocycles. The standard InChI is InChI=1S/C17H18ClF2N/c1-2-3-17(12-4-7-14(18)8-5-12)21-11-13-6-9-15(19)10-16(13)20/h4-10,17,21H,2-3,11H2,1H3. The van der Waals surface area contributed by atoms with Gasteiger partial charge in [-0.1, -0.05) is 43.1 Å². The predicted octanol–water partition coefficient (Wildman–Crippen LogP) is 5.25. The van der Waals surface area contributed by atoms with E-state index in [2.05, 4.69) is 12.2 Å². The minimum absolute atomic E-state index is 0.122. The summed E-state index contributed by atoms with van der Waals surface area (Å²) in [6.45, 7) is 2.46. The summed E-state index contributed by atoms with van der Waals surface area (Å²) in [7, 11) is 0. The second-order valence-corrected chi connectivity index (χ2v) is 5.45. The minimum Gasteiger partial charge on any atom is -0.306 e. The summed E-state index contributed by atoms with van der Waals surface area (Å²) >= 11 is 5.90. The summed E-state index contributed by atoms with van der Waals surface area (Å²) in [6, 6.07) is 11.4. The Labute approximate surface area is 128 Å². The van der Waals surface area contributed by atoms with Crippen LogP contribution in [0.25, 0.3) is 0 Å². The number of nitrogens with one attached hydrogen (secondary N) is 1. The van der Waals surface area contributed by atoms with Crippen LogP contribution in [0.5, 0.6) is 0 Å². The molecule has 2 aromatic rings. The van der Waals surface area contributed by atoms with E-state index in [1.165, 1.54) is 12.1 Å². The summed E-state index contributed by atoms with van der Waals surface area (Å²) < 4.78 is 26.5. The zero-order valence-corrected chi connectivity index (χ0v) is 12.6. The van der Waals surface area contributed by atoms with E-state index in [1.54, 1.807) is 0 Å². The molecule has 4 heteroatoms. The molecule has 2 rings (SSSR count). The van der Waals surface area contributed by atoms with Crippen molar-refractivity contribution in [2.45, 2.75) is 32.4 Å². The van der Waals surface area contributed by atoms with Crippen LogP contribution in [0.4, 0.5) is 8.78 Å². The zero-order chi connectivity index (χ0) is 15.2. The van der Waals surface area contributed by atoms with Gasteiger partial charge in [-0.2, -0.15) is 0 Å². The van der Waals surface area contributed by atoms with Crippen LogP contribution in [0.3, 0.4) is 0 Å². The normalized spacial score (nSPS) is 12.4. The summed E-state index contributed by atoms with van der Waals surface area (Å²) in [6.07, 6.45) is 1.94. The lowest BCUT2D eigenvalue weighted by Gasteiger charge is -2.19. The van der Waals surface area contributed by atoms with Crippen molar-refractivity contribution in [2.24, 2.45) is 0 Å². The van der Waals surface area contributed by atoms with Gasteiger partial charge in [0.25, 0.3) is 0 Å². The van der Waals surface area contributed by atoms with Gasteiger partial charge in [-0.3, -0.25) is 0 Å². The Bertz CT molecular complexity index is 584. The van der Waals surface area contributed by atoms with Crippen molar-refractivity contribution in [2.75, 3.05) is 0 Å². The molecule has 112 valence electrons. The lowest BCUT2D eigenvalue weighted by molar-refractivity contribution is 0.481. The molecule has 0 saturated heterocycles. The molecule has 0 spiro atoms. The molecule has 0 saturated carbocycles. The van der Waals surface area contributed by atoms with Gasteiger partial charge < -0.3 is 5.32 Å². The van der Waals surface area contributed by atoms with Crippen LogP contribution in [-0.2, 0) is 6.54 Å². The van der Waals surface area contributed by atoms with Crippen LogP contribution < -0.4 is 5.32 Å². The molecule has 21 heavy (non-hydrogen) atoms. The van der Waals surface area contributed by atoms with Crippen LogP contribution >= 0.6 is 11.6 Å². The minimum atomic E-state index is -0.556. The SMILES string of the molecule is CCCC(NCc1ccc(F)cc1F)c1ccc(Cl)cc1. The van der Waals surface area contributed by atoms with Crippen LogP contribution in [0.1, 0.15) is 36.9 Å². The van der Waals surface area contributed by atoms with Crippen molar-refractivity contribution < 1.29 is 8.78 Å². The highest BCUT2D eigenvalue weighted by Gasteiger charge is 2.11. The maximum Gasteiger partial charge on any atom is 0.130 e. The smallest absolute Gasteiger partial charge is 0.130 e. The second-order valence-electron chi connectivity index (χ2n) is 5.01. The Kier molecular flexibility index (Phi) is 5.71. The molecule has 0 aliphatic heterocycles. The van der Waals surface area contributed by atoms with E-state index in [-0.39, 0.29) is 6.04 Å². The van der Waals surface area contributed by atoms with E-state index >= 15 is 0 Å². The van der Waals surface area contributed by atoms with E-state index in [1.807, 2.05) is 24.3 Å². The average Bonchev–Trinajstić information content (AvgIpc) is 2.46. The first-order valence-electron chi connectivity index (χ1n) is 7.03. The fourth-order valence-corrected chi connectivity index (χ4v) is 2.39. The lowest BCUT2D eigenvalue weighted by atomic mass is 10.0. The maximum absolute atomic E-state index is 13.6. The predicted molar refractivity (Wildman–Crippen MR) is 82.3 cm³/mol. The first-order valence-corrected chi connectivity index (χ1v) is 7.40. The molecule has 0 bridgehead atoms. The Morgan fingerprint density at radius 3 is 2.43 bits per heavy atom. The molecule has 1 nitrogen and oxygen atoms in total. The first kappa shape index (κ1) is 15.9. The number of benzene rings is 2. The van der Waals surface area contributed by atoms with Gasteiger partial charge >= 0.3 is 0 Å². The molecule has 0 fully saturated rings. The number of rotatable bonds is 6. The van der Waals surface area contributed by atoms with Crippen molar-refractivity contribution in [1.29, 1.82) is 0 Å². The summed E-state index contributed by atoms with van der Waals surface area (Å²) in [5.74, 6) is -1.08. The molecular weight excluding hydrogens is 292 g/mol. The number of halogens is 3. The Balaban J connectivity index is 2.07. The molecular formula is C17H18ClF2N. The van der Waals surface area contributed by atoms with Crippen LogP contribution in [0, 0.1) is 11.6 Å². The van der Waals surface area contributed by atoms with E-state index in [9.17, 15) is 8.78 Å². The van der Waals surface area contributed by atoms with Gasteiger partial charge in [-0.25, -0.2) is 8.78 Å². The second kappa shape index (κ2) is 7.53. The van der Waals surface area contributed by atoms with Gasteiger partial charge in [-0.05, 0) is 30.2 Å². The molecule has 2 aromatic carbocycles. The number of hydrogen-bond donors (Lipinski definition) is 1. The van der Waals surface area contributed by atoms with E-state index in [4.69, 9.17) is 11.6 Å². The highest BCUT2D eigenvalue weighted by Crippen LogP contribution is 2.21. The molecule has 0 radical (unpaired) electrons. The summed E-state index contributed by atoms with van der Waals surface area (Å²) in [5, 5.41) is 4.02. The Morgan fingerprint density at radius 1 is 1.10 bits per heavy atom. The van der Waals surface area contributed by atoms with Crippen molar-refractivity contribution >= 4 is 11.6 Å². The molecule has 1 unspecified atom stereocenters. The van der Waals surface area contributed by atoms with E-state index in [0.717, 1.165) is 24.5 Å². The van der Waals surface area contributed by atoms with Gasteiger partial charge in [-0.15, -0.1) is 0 Å². The van der Waals surface area contributed by atoms with Gasteiger partial charge in [0.15, 0.2) is 0 Å². The monoisotopic (exact) mass is 309 g/mol. The largest absolute Gasteiger partial charge is 0.306 e. The van der Waals surface area contributed by atoms with E-state index < -0.39 is 11.6 Å². The Morgan fingerprint density at radius 2 is 1.81 bits per heavy atom. The molecule has 0 amide bonds. The number of hydrogen-bond acceptors (Lipinski definition) is 1. The van der Waals surface area contributed by atoms with Gasteiger partial charge in [0.05, 0.1) is 0 Å². The fourth-order valence-electron chi connectivity index (χ4n) is 2.27. The van der Waals surface area contributed by atoms with Crippen LogP contribution in [0.2, 0.25) is 5.02 Å². The van der Waals surface area contributed by atoms with Crippen molar-refractivity contribution in [3.63, 3.8) is 0 Å². The molecule has 0 aliphatic carbocycles. The van der Waals surface area contributed by atoms with Gasteiger partial charge in [0.1, 0.15) is 11.6 Å². The summed E-state index contributed by atoms with van der Waals surface area (Å²) in [5.41, 5.74) is 1.58. The topological polar surface area (TPSA) is 12.0 Å². The van der Waals surface area contributed by atoms with Crippen molar-refractivity contribution in [3.05, 3.63) is 70.2 Å². The third-order valence-electron chi connectivity index (χ3n) is 3.40. The maximum atomic E-state index is 13.6.